The van der Waals surface area contributed by atoms with Crippen molar-refractivity contribution in [2.45, 2.75) is 13.8 Å². The molecule has 2 aromatic rings. The van der Waals surface area contributed by atoms with E-state index < -0.39 is 12.0 Å². The third-order valence-corrected chi connectivity index (χ3v) is 4.17. The minimum absolute atomic E-state index is 0.110. The van der Waals surface area contributed by atoms with Crippen molar-refractivity contribution in [1.29, 1.82) is 0 Å². The van der Waals surface area contributed by atoms with Gasteiger partial charge >= 0.3 is 12.0 Å². The van der Waals surface area contributed by atoms with Crippen molar-refractivity contribution in [3.8, 4) is 0 Å². The summed E-state index contributed by atoms with van der Waals surface area (Å²) in [7, 11) is 0. The van der Waals surface area contributed by atoms with Crippen molar-refractivity contribution in [2.75, 3.05) is 17.2 Å². The van der Waals surface area contributed by atoms with Crippen LogP contribution in [0, 0.1) is 5.92 Å². The van der Waals surface area contributed by atoms with Gasteiger partial charge in [-0.15, -0.1) is 0 Å². The Kier molecular flexibility index (Phi) is 5.12. The van der Waals surface area contributed by atoms with Crippen LogP contribution in [0.5, 0.6) is 0 Å². The van der Waals surface area contributed by atoms with E-state index in [1.54, 1.807) is 6.07 Å². The summed E-state index contributed by atoms with van der Waals surface area (Å²) in [5.74, 6) is -1.61. The molecule has 0 spiro atoms. The number of amides is 4. The number of urea groups is 1. The van der Waals surface area contributed by atoms with Crippen molar-refractivity contribution >= 4 is 35.2 Å². The number of fused-ring (bicyclic) bond motifs is 1. The molecule has 0 atom stereocenters. The summed E-state index contributed by atoms with van der Waals surface area (Å²) in [4.78, 5) is 49.1. The number of carbonyl (C=O) groups is 4. The largest absolute Gasteiger partial charge is 0.478 e. The Hall–Kier alpha value is -3.68. The van der Waals surface area contributed by atoms with Crippen LogP contribution in [0.1, 0.15) is 44.9 Å². The Balaban J connectivity index is 1.70. The molecule has 3 rings (SSSR count). The second-order valence-electron chi connectivity index (χ2n) is 6.84. The number of anilines is 2. The van der Waals surface area contributed by atoms with Gasteiger partial charge in [-0.05, 0) is 48.4 Å². The number of carboxylic acids is 1. The Labute approximate surface area is 161 Å². The fourth-order valence-electron chi connectivity index (χ4n) is 2.89. The zero-order chi connectivity index (χ0) is 20.4. The number of nitrogens with one attached hydrogen (secondary N) is 2. The fourth-order valence-corrected chi connectivity index (χ4v) is 2.89. The van der Waals surface area contributed by atoms with Gasteiger partial charge in [0.15, 0.2) is 0 Å². The Morgan fingerprint density at radius 3 is 2.11 bits per heavy atom. The van der Waals surface area contributed by atoms with E-state index in [1.165, 1.54) is 41.3 Å². The van der Waals surface area contributed by atoms with Crippen molar-refractivity contribution in [1.82, 2.24) is 4.90 Å². The predicted octanol–water partition coefficient (Wildman–Crippen LogP) is 3.28. The zero-order valence-electron chi connectivity index (χ0n) is 15.4. The maximum atomic E-state index is 12.5. The average Bonchev–Trinajstić information content (AvgIpc) is 2.86. The Morgan fingerprint density at radius 1 is 0.929 bits per heavy atom. The van der Waals surface area contributed by atoms with Crippen LogP contribution >= 0.6 is 0 Å². The van der Waals surface area contributed by atoms with Crippen LogP contribution in [0.15, 0.2) is 42.5 Å². The summed E-state index contributed by atoms with van der Waals surface area (Å²) in [6.07, 6.45) is 0. The summed E-state index contributed by atoms with van der Waals surface area (Å²) < 4.78 is 0. The minimum atomic E-state index is -1.06. The molecule has 0 bridgehead atoms. The first kappa shape index (κ1) is 19.1. The Morgan fingerprint density at radius 2 is 1.50 bits per heavy atom. The van der Waals surface area contributed by atoms with Crippen molar-refractivity contribution in [2.24, 2.45) is 5.92 Å². The summed E-state index contributed by atoms with van der Waals surface area (Å²) in [5, 5.41) is 14.1. The van der Waals surface area contributed by atoms with Gasteiger partial charge in [-0.2, -0.15) is 0 Å². The van der Waals surface area contributed by atoms with E-state index in [9.17, 15) is 19.2 Å². The molecule has 1 heterocycles. The summed E-state index contributed by atoms with van der Waals surface area (Å²) >= 11 is 0. The van der Waals surface area contributed by atoms with E-state index in [0.29, 0.717) is 23.5 Å². The smallest absolute Gasteiger partial charge is 0.335 e. The summed E-state index contributed by atoms with van der Waals surface area (Å²) in [6, 6.07) is 9.68. The molecule has 28 heavy (non-hydrogen) atoms. The van der Waals surface area contributed by atoms with Crippen LogP contribution in [0.4, 0.5) is 16.2 Å². The molecule has 0 aromatic heterocycles. The van der Waals surface area contributed by atoms with Gasteiger partial charge in [0.05, 0.1) is 16.7 Å². The summed E-state index contributed by atoms with van der Waals surface area (Å²) in [6.45, 7) is 4.18. The monoisotopic (exact) mass is 381 g/mol. The van der Waals surface area contributed by atoms with Crippen LogP contribution < -0.4 is 10.6 Å². The minimum Gasteiger partial charge on any atom is -0.478 e. The highest BCUT2D eigenvalue weighted by Gasteiger charge is 2.35. The van der Waals surface area contributed by atoms with E-state index >= 15 is 0 Å². The number of rotatable bonds is 5. The number of imide groups is 1. The first-order valence-electron chi connectivity index (χ1n) is 8.68. The molecule has 144 valence electrons. The molecule has 0 saturated heterocycles. The van der Waals surface area contributed by atoms with Crippen molar-refractivity contribution in [3.05, 3.63) is 59.2 Å². The van der Waals surface area contributed by atoms with Crippen LogP contribution in [-0.4, -0.2) is 40.4 Å². The lowest BCUT2D eigenvalue weighted by Crippen LogP contribution is -2.33. The molecule has 0 aliphatic carbocycles. The lowest BCUT2D eigenvalue weighted by Gasteiger charge is -2.15. The number of carbonyl (C=O) groups excluding carboxylic acids is 3. The van der Waals surface area contributed by atoms with E-state index in [2.05, 4.69) is 10.6 Å². The molecule has 3 N–H and O–H groups in total. The fraction of sp³-hybridized carbons (Fsp3) is 0.200. The molecule has 0 radical (unpaired) electrons. The number of carboxylic acid groups (broad SMARTS) is 1. The number of nitrogens with zero attached hydrogens (tertiary/aromatic N) is 1. The second-order valence-corrected chi connectivity index (χ2v) is 6.84. The van der Waals surface area contributed by atoms with Crippen LogP contribution in [0.2, 0.25) is 0 Å². The topological polar surface area (TPSA) is 116 Å². The predicted molar refractivity (Wildman–Crippen MR) is 103 cm³/mol. The highest BCUT2D eigenvalue weighted by molar-refractivity contribution is 6.22. The first-order valence-corrected chi connectivity index (χ1v) is 8.68. The lowest BCUT2D eigenvalue weighted by atomic mass is 10.1. The van der Waals surface area contributed by atoms with E-state index in [1.807, 2.05) is 13.8 Å². The van der Waals surface area contributed by atoms with E-state index in [-0.39, 0.29) is 28.9 Å². The highest BCUT2D eigenvalue weighted by Crippen LogP contribution is 2.26. The van der Waals surface area contributed by atoms with Crippen LogP contribution in [0.3, 0.4) is 0 Å². The molecule has 0 fully saturated rings. The molecule has 8 nitrogen and oxygen atoms in total. The lowest BCUT2D eigenvalue weighted by molar-refractivity contribution is 0.0633. The summed E-state index contributed by atoms with van der Waals surface area (Å²) in [5.41, 5.74) is 1.47. The van der Waals surface area contributed by atoms with Gasteiger partial charge < -0.3 is 15.7 Å². The van der Waals surface area contributed by atoms with Crippen molar-refractivity contribution in [3.63, 3.8) is 0 Å². The molecule has 1 aliphatic heterocycles. The third kappa shape index (κ3) is 3.85. The average molecular weight is 381 g/mol. The van der Waals surface area contributed by atoms with E-state index in [4.69, 9.17) is 5.11 Å². The van der Waals surface area contributed by atoms with Gasteiger partial charge in [0, 0.05) is 17.9 Å². The standard InChI is InChI=1S/C20H19N3O5/c1-11(2)10-23-17(24)15-8-7-14(9-16(15)18(23)25)22-20(28)21-13-5-3-12(4-6-13)19(26)27/h3-9,11H,10H2,1-2H3,(H,26,27)(H2,21,22,28). The normalized spacial score (nSPS) is 12.9. The van der Waals surface area contributed by atoms with E-state index in [0.717, 1.165) is 0 Å². The van der Waals surface area contributed by atoms with Crippen molar-refractivity contribution < 1.29 is 24.3 Å². The van der Waals surface area contributed by atoms with Crippen LogP contribution in [0.25, 0.3) is 0 Å². The molecule has 0 saturated carbocycles. The molecular weight excluding hydrogens is 362 g/mol. The number of hydrogen-bond acceptors (Lipinski definition) is 4. The molecule has 0 unspecified atom stereocenters. The van der Waals surface area contributed by atoms with Crippen LogP contribution in [-0.2, 0) is 0 Å². The number of hydrogen-bond donors (Lipinski definition) is 3. The molecule has 8 heteroatoms. The van der Waals surface area contributed by atoms with Gasteiger partial charge in [-0.3, -0.25) is 14.5 Å². The molecular formula is C20H19N3O5. The Bertz CT molecular complexity index is 966. The number of aromatic carboxylic acids is 1. The van der Waals surface area contributed by atoms with Gasteiger partial charge in [0.1, 0.15) is 0 Å². The number of benzene rings is 2. The SMILES string of the molecule is CC(C)CN1C(=O)c2ccc(NC(=O)Nc3ccc(C(=O)O)cc3)cc2C1=O. The molecule has 2 aromatic carbocycles. The van der Waals surface area contributed by atoms with Gasteiger partial charge in [-0.1, -0.05) is 13.8 Å². The van der Waals surface area contributed by atoms with Gasteiger partial charge in [-0.25, -0.2) is 9.59 Å². The first-order chi connectivity index (χ1) is 13.3. The van der Waals surface area contributed by atoms with Gasteiger partial charge in [0.25, 0.3) is 11.8 Å². The molecule has 1 aliphatic rings. The third-order valence-electron chi connectivity index (χ3n) is 4.17. The zero-order valence-corrected chi connectivity index (χ0v) is 15.4. The maximum absolute atomic E-state index is 12.5. The maximum Gasteiger partial charge on any atom is 0.335 e. The quantitative estimate of drug-likeness (QED) is 0.688. The molecule has 4 amide bonds. The highest BCUT2D eigenvalue weighted by atomic mass is 16.4. The second kappa shape index (κ2) is 7.51. The van der Waals surface area contributed by atoms with Gasteiger partial charge in [0.2, 0.25) is 0 Å².